The molecule has 0 atom stereocenters. The minimum atomic E-state index is -0.368. The fraction of sp³-hybridized carbons (Fsp3) is 0.111. The number of fused-ring (bicyclic) bond motifs is 3. The second-order valence-electron chi connectivity index (χ2n) is 5.52. The zero-order valence-electron chi connectivity index (χ0n) is 13.3. The fourth-order valence-electron chi connectivity index (χ4n) is 2.66. The molecule has 0 N–H and O–H groups in total. The summed E-state index contributed by atoms with van der Waals surface area (Å²) in [6.07, 6.45) is 0. The highest BCUT2D eigenvalue weighted by Crippen LogP contribution is 2.24. The maximum absolute atomic E-state index is 13.7. The lowest BCUT2D eigenvalue weighted by atomic mass is 10.2. The molecule has 2 heterocycles. The SMILES string of the molecule is Cc1nc2ccccc2c2c([O-])nc(SCc3ccccc3F)n[n+]12. The summed E-state index contributed by atoms with van der Waals surface area (Å²) in [7, 11) is 0. The highest BCUT2D eigenvalue weighted by molar-refractivity contribution is 7.98. The van der Waals surface area contributed by atoms with Crippen molar-refractivity contribution in [2.75, 3.05) is 0 Å². The van der Waals surface area contributed by atoms with Gasteiger partial charge in [-0.2, -0.15) is 0 Å². The Hall–Kier alpha value is -2.80. The fourth-order valence-corrected chi connectivity index (χ4v) is 3.47. The van der Waals surface area contributed by atoms with Gasteiger partial charge >= 0.3 is 5.82 Å². The van der Waals surface area contributed by atoms with E-state index in [-0.39, 0.29) is 11.7 Å². The number of hydrogen-bond donors (Lipinski definition) is 0. The van der Waals surface area contributed by atoms with Crippen LogP contribution in [-0.4, -0.2) is 15.1 Å². The molecule has 0 aliphatic heterocycles. The van der Waals surface area contributed by atoms with Gasteiger partial charge in [0, 0.05) is 18.6 Å². The third kappa shape index (κ3) is 2.87. The molecular weight excluding hydrogens is 339 g/mol. The Kier molecular flexibility index (Phi) is 3.93. The van der Waals surface area contributed by atoms with Crippen LogP contribution in [0.1, 0.15) is 11.4 Å². The zero-order valence-corrected chi connectivity index (χ0v) is 14.1. The molecule has 0 aliphatic rings. The molecule has 2 aromatic heterocycles. The standard InChI is InChI=1S/C18H13FN4OS/c1-11-20-15-9-5-3-7-13(15)16-17(24)21-18(22-23(11)16)25-10-12-6-2-4-8-14(12)19/h2-9H,10H2,1H3. The molecule has 0 bridgehead atoms. The minimum Gasteiger partial charge on any atom is -0.856 e. The lowest BCUT2D eigenvalue weighted by Crippen LogP contribution is -2.34. The number of thioether (sulfide) groups is 1. The molecule has 25 heavy (non-hydrogen) atoms. The van der Waals surface area contributed by atoms with Gasteiger partial charge in [-0.3, -0.25) is 0 Å². The van der Waals surface area contributed by atoms with E-state index in [1.807, 2.05) is 24.3 Å². The van der Waals surface area contributed by atoms with Crippen molar-refractivity contribution in [2.45, 2.75) is 17.8 Å². The monoisotopic (exact) mass is 352 g/mol. The van der Waals surface area contributed by atoms with Crippen molar-refractivity contribution in [3.63, 3.8) is 0 Å². The van der Waals surface area contributed by atoms with E-state index in [9.17, 15) is 9.50 Å². The Morgan fingerprint density at radius 1 is 1.08 bits per heavy atom. The van der Waals surface area contributed by atoms with E-state index in [0.29, 0.717) is 33.2 Å². The Balaban J connectivity index is 1.78. The smallest absolute Gasteiger partial charge is 0.321 e. The highest BCUT2D eigenvalue weighted by atomic mass is 32.2. The number of para-hydroxylation sites is 1. The summed E-state index contributed by atoms with van der Waals surface area (Å²) in [5.41, 5.74) is 1.67. The summed E-state index contributed by atoms with van der Waals surface area (Å²) in [6.45, 7) is 1.79. The summed E-state index contributed by atoms with van der Waals surface area (Å²) < 4.78 is 15.2. The van der Waals surface area contributed by atoms with Crippen molar-refractivity contribution >= 4 is 28.2 Å². The number of aromatic nitrogens is 4. The normalized spacial score (nSPS) is 11.3. The molecule has 7 heteroatoms. The van der Waals surface area contributed by atoms with Gasteiger partial charge in [-0.15, -0.1) is 0 Å². The lowest BCUT2D eigenvalue weighted by Gasteiger charge is -2.10. The molecule has 4 rings (SSSR count). The first-order chi connectivity index (χ1) is 12.1. The van der Waals surface area contributed by atoms with Gasteiger partial charge in [-0.1, -0.05) is 51.7 Å². The predicted molar refractivity (Wildman–Crippen MR) is 90.6 cm³/mol. The van der Waals surface area contributed by atoms with Crippen molar-refractivity contribution in [2.24, 2.45) is 0 Å². The Labute approximate surface area is 147 Å². The van der Waals surface area contributed by atoms with Crippen LogP contribution in [-0.2, 0) is 5.75 Å². The third-order valence-corrected chi connectivity index (χ3v) is 4.75. The van der Waals surface area contributed by atoms with Crippen molar-refractivity contribution in [1.29, 1.82) is 0 Å². The average Bonchev–Trinajstić information content (AvgIpc) is 2.61. The number of benzene rings is 2. The van der Waals surface area contributed by atoms with E-state index >= 15 is 0 Å². The van der Waals surface area contributed by atoms with Crippen molar-refractivity contribution in [3.05, 3.63) is 65.7 Å². The summed E-state index contributed by atoms with van der Waals surface area (Å²) in [5, 5.41) is 18.0. The van der Waals surface area contributed by atoms with Crippen LogP contribution in [0, 0.1) is 12.7 Å². The molecule has 0 aliphatic carbocycles. The van der Waals surface area contributed by atoms with E-state index in [0.717, 1.165) is 5.52 Å². The molecule has 0 saturated heterocycles. The summed E-state index contributed by atoms with van der Waals surface area (Å²) >= 11 is 1.22. The van der Waals surface area contributed by atoms with E-state index in [4.69, 9.17) is 0 Å². The van der Waals surface area contributed by atoms with E-state index < -0.39 is 0 Å². The summed E-state index contributed by atoms with van der Waals surface area (Å²) in [5.74, 6) is 0.293. The number of rotatable bonds is 3. The van der Waals surface area contributed by atoms with Crippen LogP contribution < -0.4 is 9.62 Å². The molecule has 0 spiro atoms. The quantitative estimate of drug-likeness (QED) is 0.322. The zero-order chi connectivity index (χ0) is 17.4. The first-order valence-corrected chi connectivity index (χ1v) is 8.65. The van der Waals surface area contributed by atoms with Gasteiger partial charge < -0.3 is 5.11 Å². The molecule has 0 saturated carbocycles. The first-order valence-electron chi connectivity index (χ1n) is 7.66. The van der Waals surface area contributed by atoms with Crippen molar-refractivity contribution in [1.82, 2.24) is 15.1 Å². The van der Waals surface area contributed by atoms with E-state index in [2.05, 4.69) is 15.1 Å². The van der Waals surface area contributed by atoms with Gasteiger partial charge in [0.15, 0.2) is 11.0 Å². The lowest BCUT2D eigenvalue weighted by molar-refractivity contribution is -0.598. The summed E-state index contributed by atoms with van der Waals surface area (Å²) in [4.78, 5) is 8.55. The highest BCUT2D eigenvalue weighted by Gasteiger charge is 2.17. The Morgan fingerprint density at radius 2 is 1.84 bits per heavy atom. The van der Waals surface area contributed by atoms with Crippen molar-refractivity contribution < 1.29 is 14.0 Å². The van der Waals surface area contributed by atoms with Crippen molar-refractivity contribution in [3.8, 4) is 5.88 Å². The second-order valence-corrected chi connectivity index (χ2v) is 6.46. The van der Waals surface area contributed by atoms with Gasteiger partial charge in [-0.05, 0) is 28.7 Å². The summed E-state index contributed by atoms with van der Waals surface area (Å²) in [6, 6.07) is 13.9. The van der Waals surface area contributed by atoms with E-state index in [1.54, 1.807) is 25.1 Å². The van der Waals surface area contributed by atoms with Gasteiger partial charge in [0.05, 0.1) is 5.39 Å². The Bertz CT molecular complexity index is 1100. The van der Waals surface area contributed by atoms with Crippen LogP contribution in [0.4, 0.5) is 4.39 Å². The average molecular weight is 352 g/mol. The number of nitrogens with zero attached hydrogens (tertiary/aromatic N) is 4. The number of aryl methyl sites for hydroxylation is 1. The largest absolute Gasteiger partial charge is 0.856 e. The van der Waals surface area contributed by atoms with E-state index in [1.165, 1.54) is 22.3 Å². The van der Waals surface area contributed by atoms with Crippen LogP contribution in [0.2, 0.25) is 0 Å². The number of hydrogen-bond acceptors (Lipinski definition) is 5. The molecule has 2 aromatic carbocycles. The maximum Gasteiger partial charge on any atom is 0.321 e. The van der Waals surface area contributed by atoms with Crippen LogP contribution in [0.5, 0.6) is 5.88 Å². The second kappa shape index (κ2) is 6.25. The molecule has 4 aromatic rings. The third-order valence-electron chi connectivity index (χ3n) is 3.86. The van der Waals surface area contributed by atoms with Gasteiger partial charge in [0.25, 0.3) is 0 Å². The first kappa shape index (κ1) is 15.7. The van der Waals surface area contributed by atoms with Gasteiger partial charge in [0.1, 0.15) is 5.82 Å². The molecule has 0 radical (unpaired) electrons. The molecule has 124 valence electrons. The molecule has 0 amide bonds. The Morgan fingerprint density at radius 3 is 2.68 bits per heavy atom. The van der Waals surface area contributed by atoms with Gasteiger partial charge in [-0.25, -0.2) is 9.37 Å². The number of halogens is 1. The van der Waals surface area contributed by atoms with Crippen LogP contribution >= 0.6 is 11.8 Å². The predicted octanol–water partition coefficient (Wildman–Crippen LogP) is 2.58. The molecule has 0 unspecified atom stereocenters. The topological polar surface area (TPSA) is 65.8 Å². The minimum absolute atomic E-state index is 0.283. The van der Waals surface area contributed by atoms with Crippen LogP contribution in [0.25, 0.3) is 16.4 Å². The van der Waals surface area contributed by atoms with Crippen LogP contribution in [0.3, 0.4) is 0 Å². The molecule has 0 fully saturated rings. The molecular formula is C18H13FN4OS. The maximum atomic E-state index is 13.7. The molecule has 5 nitrogen and oxygen atoms in total. The van der Waals surface area contributed by atoms with Crippen LogP contribution in [0.15, 0.2) is 53.7 Å². The van der Waals surface area contributed by atoms with Gasteiger partial charge in [0.2, 0.25) is 5.16 Å².